The average molecular weight is 275 g/mol. The van der Waals surface area contributed by atoms with Crippen LogP contribution in [0.5, 0.6) is 5.75 Å². The predicted molar refractivity (Wildman–Crippen MR) is 74.2 cm³/mol. The standard InChI is InChI=1S/C13H17N5O2/c1-3-20-12-9(5-4-6-10(12)14)13(19)15-7-11-17-16-8-18(11)2/h4-6,8H,3,7,14H2,1-2H3,(H,15,19). The van der Waals surface area contributed by atoms with E-state index in [1.54, 1.807) is 29.1 Å². The van der Waals surface area contributed by atoms with Crippen molar-refractivity contribution in [1.29, 1.82) is 0 Å². The number of aromatic nitrogens is 3. The van der Waals surface area contributed by atoms with Gasteiger partial charge in [-0.3, -0.25) is 4.79 Å². The Balaban J connectivity index is 2.13. The Hall–Kier alpha value is -2.57. The number of hydrogen-bond acceptors (Lipinski definition) is 5. The number of nitrogens with two attached hydrogens (primary N) is 1. The fourth-order valence-corrected chi connectivity index (χ4v) is 1.76. The molecule has 0 atom stereocenters. The molecule has 0 aliphatic rings. The van der Waals surface area contributed by atoms with Gasteiger partial charge in [0.05, 0.1) is 24.4 Å². The lowest BCUT2D eigenvalue weighted by molar-refractivity contribution is 0.0946. The zero-order valence-corrected chi connectivity index (χ0v) is 11.5. The second kappa shape index (κ2) is 6.05. The molecule has 7 nitrogen and oxygen atoms in total. The van der Waals surface area contributed by atoms with Crippen LogP contribution in [0.25, 0.3) is 0 Å². The molecule has 106 valence electrons. The van der Waals surface area contributed by atoms with E-state index in [-0.39, 0.29) is 12.5 Å². The molecule has 0 aliphatic carbocycles. The zero-order valence-electron chi connectivity index (χ0n) is 11.5. The summed E-state index contributed by atoms with van der Waals surface area (Å²) in [4.78, 5) is 12.2. The second-order valence-corrected chi connectivity index (χ2v) is 4.20. The van der Waals surface area contributed by atoms with Crippen LogP contribution in [0.15, 0.2) is 24.5 Å². The summed E-state index contributed by atoms with van der Waals surface area (Å²) in [6, 6.07) is 5.09. The van der Waals surface area contributed by atoms with E-state index in [0.29, 0.717) is 29.4 Å². The summed E-state index contributed by atoms with van der Waals surface area (Å²) in [6.45, 7) is 2.57. The van der Waals surface area contributed by atoms with E-state index in [9.17, 15) is 4.79 Å². The third kappa shape index (κ3) is 2.87. The van der Waals surface area contributed by atoms with Crippen molar-refractivity contribution in [3.05, 3.63) is 35.9 Å². The zero-order chi connectivity index (χ0) is 14.5. The molecule has 2 rings (SSSR count). The lowest BCUT2D eigenvalue weighted by Crippen LogP contribution is -2.25. The van der Waals surface area contributed by atoms with Crippen molar-refractivity contribution in [1.82, 2.24) is 20.1 Å². The first kappa shape index (κ1) is 13.9. The molecule has 2 aromatic rings. The second-order valence-electron chi connectivity index (χ2n) is 4.20. The van der Waals surface area contributed by atoms with E-state index in [2.05, 4.69) is 15.5 Å². The smallest absolute Gasteiger partial charge is 0.255 e. The van der Waals surface area contributed by atoms with Gasteiger partial charge in [-0.2, -0.15) is 0 Å². The van der Waals surface area contributed by atoms with Gasteiger partial charge < -0.3 is 20.4 Å². The maximum Gasteiger partial charge on any atom is 0.255 e. The van der Waals surface area contributed by atoms with Crippen LogP contribution in [0.4, 0.5) is 5.69 Å². The minimum atomic E-state index is -0.260. The average Bonchev–Trinajstić information content (AvgIpc) is 2.84. The highest BCUT2D eigenvalue weighted by atomic mass is 16.5. The maximum absolute atomic E-state index is 12.2. The summed E-state index contributed by atoms with van der Waals surface area (Å²) in [7, 11) is 1.81. The van der Waals surface area contributed by atoms with Crippen LogP contribution in [-0.2, 0) is 13.6 Å². The molecule has 1 aromatic heterocycles. The van der Waals surface area contributed by atoms with Crippen LogP contribution >= 0.6 is 0 Å². The number of amides is 1. The van der Waals surface area contributed by atoms with Crippen LogP contribution in [-0.4, -0.2) is 27.3 Å². The van der Waals surface area contributed by atoms with Crippen molar-refractivity contribution in [3.8, 4) is 5.75 Å². The summed E-state index contributed by atoms with van der Waals surface area (Å²) in [5, 5.41) is 10.4. The van der Waals surface area contributed by atoms with Crippen LogP contribution in [0.2, 0.25) is 0 Å². The number of hydrogen-bond donors (Lipinski definition) is 2. The first-order valence-corrected chi connectivity index (χ1v) is 6.25. The molecule has 0 bridgehead atoms. The van der Waals surface area contributed by atoms with Gasteiger partial charge in [0.2, 0.25) is 0 Å². The first-order valence-electron chi connectivity index (χ1n) is 6.25. The molecule has 0 aliphatic heterocycles. The van der Waals surface area contributed by atoms with E-state index in [0.717, 1.165) is 0 Å². The number of nitrogen functional groups attached to an aromatic ring is 1. The van der Waals surface area contributed by atoms with E-state index >= 15 is 0 Å². The lowest BCUT2D eigenvalue weighted by atomic mass is 10.1. The highest BCUT2D eigenvalue weighted by Gasteiger charge is 2.15. The quantitative estimate of drug-likeness (QED) is 0.784. The van der Waals surface area contributed by atoms with Crippen LogP contribution in [0.1, 0.15) is 23.1 Å². The van der Waals surface area contributed by atoms with E-state index in [1.165, 1.54) is 0 Å². The minimum absolute atomic E-state index is 0.260. The largest absolute Gasteiger partial charge is 0.491 e. The number of para-hydroxylation sites is 1. The molecule has 3 N–H and O–H groups in total. The highest BCUT2D eigenvalue weighted by molar-refractivity contribution is 5.98. The summed E-state index contributed by atoms with van der Waals surface area (Å²) < 4.78 is 7.17. The fraction of sp³-hybridized carbons (Fsp3) is 0.308. The summed E-state index contributed by atoms with van der Waals surface area (Å²) >= 11 is 0. The van der Waals surface area contributed by atoms with E-state index in [4.69, 9.17) is 10.5 Å². The van der Waals surface area contributed by atoms with Gasteiger partial charge in [-0.1, -0.05) is 6.07 Å². The Morgan fingerprint density at radius 2 is 2.30 bits per heavy atom. The topological polar surface area (TPSA) is 95.1 Å². The Morgan fingerprint density at radius 1 is 1.50 bits per heavy atom. The Morgan fingerprint density at radius 3 is 2.95 bits per heavy atom. The van der Waals surface area contributed by atoms with Gasteiger partial charge in [-0.15, -0.1) is 10.2 Å². The van der Waals surface area contributed by atoms with Crippen LogP contribution in [0, 0.1) is 0 Å². The van der Waals surface area contributed by atoms with Crippen molar-refractivity contribution < 1.29 is 9.53 Å². The molecule has 0 radical (unpaired) electrons. The lowest BCUT2D eigenvalue weighted by Gasteiger charge is -2.12. The molecule has 0 saturated heterocycles. The third-order valence-electron chi connectivity index (χ3n) is 2.79. The maximum atomic E-state index is 12.2. The van der Waals surface area contributed by atoms with Crippen LogP contribution in [0.3, 0.4) is 0 Å². The van der Waals surface area contributed by atoms with Gasteiger partial charge >= 0.3 is 0 Å². The fourth-order valence-electron chi connectivity index (χ4n) is 1.76. The summed E-state index contributed by atoms with van der Waals surface area (Å²) in [5.41, 5.74) is 6.68. The van der Waals surface area contributed by atoms with Gasteiger partial charge in [0.1, 0.15) is 6.33 Å². The number of benzene rings is 1. The molecule has 1 aromatic carbocycles. The number of anilines is 1. The predicted octanol–water partition coefficient (Wildman–Crippen LogP) is 0.726. The summed E-state index contributed by atoms with van der Waals surface area (Å²) in [5.74, 6) is 0.814. The third-order valence-corrected chi connectivity index (χ3v) is 2.79. The number of carbonyl (C=O) groups is 1. The van der Waals surface area contributed by atoms with Crippen molar-refractivity contribution in [2.75, 3.05) is 12.3 Å². The number of nitrogens with one attached hydrogen (secondary N) is 1. The number of nitrogens with zero attached hydrogens (tertiary/aromatic N) is 3. The molecular weight excluding hydrogens is 258 g/mol. The first-order chi connectivity index (χ1) is 9.63. The number of rotatable bonds is 5. The molecule has 7 heteroatoms. The molecule has 0 fully saturated rings. The Kier molecular flexibility index (Phi) is 4.19. The molecular formula is C13H17N5O2. The number of ether oxygens (including phenoxy) is 1. The normalized spacial score (nSPS) is 10.3. The van der Waals surface area contributed by atoms with Crippen molar-refractivity contribution in [2.24, 2.45) is 7.05 Å². The summed E-state index contributed by atoms with van der Waals surface area (Å²) in [6.07, 6.45) is 1.58. The molecule has 1 amide bonds. The van der Waals surface area contributed by atoms with E-state index in [1.807, 2.05) is 14.0 Å². The van der Waals surface area contributed by atoms with Gasteiger partial charge in [-0.05, 0) is 19.1 Å². The molecule has 0 unspecified atom stereocenters. The Bertz CT molecular complexity index is 609. The van der Waals surface area contributed by atoms with Crippen molar-refractivity contribution >= 4 is 11.6 Å². The van der Waals surface area contributed by atoms with Crippen molar-refractivity contribution in [3.63, 3.8) is 0 Å². The van der Waals surface area contributed by atoms with Gasteiger partial charge in [0, 0.05) is 7.05 Å². The van der Waals surface area contributed by atoms with E-state index < -0.39 is 0 Å². The van der Waals surface area contributed by atoms with Gasteiger partial charge in [0.25, 0.3) is 5.91 Å². The highest BCUT2D eigenvalue weighted by Crippen LogP contribution is 2.26. The molecule has 20 heavy (non-hydrogen) atoms. The van der Waals surface area contributed by atoms with Crippen LogP contribution < -0.4 is 15.8 Å². The monoisotopic (exact) mass is 275 g/mol. The number of aryl methyl sites for hydroxylation is 1. The van der Waals surface area contributed by atoms with Crippen molar-refractivity contribution in [2.45, 2.75) is 13.5 Å². The SMILES string of the molecule is CCOc1c(N)cccc1C(=O)NCc1nncn1C. The molecule has 1 heterocycles. The molecule has 0 spiro atoms. The van der Waals surface area contributed by atoms with Gasteiger partial charge in [0.15, 0.2) is 11.6 Å². The Labute approximate surface area is 116 Å². The van der Waals surface area contributed by atoms with Gasteiger partial charge in [-0.25, -0.2) is 0 Å². The number of carbonyl (C=O) groups excluding carboxylic acids is 1. The minimum Gasteiger partial charge on any atom is -0.491 e. The molecule has 0 saturated carbocycles.